The number of ketones is 1. The SMILES string of the molecule is Cc1ccc(OCC(=O)c2ccc(Cl)cc2)c([N+](=O)[O-])c1. The monoisotopic (exact) mass is 305 g/mol. The van der Waals surface area contributed by atoms with Gasteiger partial charge < -0.3 is 4.74 Å². The van der Waals surface area contributed by atoms with Crippen LogP contribution in [0.4, 0.5) is 5.69 Å². The van der Waals surface area contributed by atoms with Gasteiger partial charge in [0.1, 0.15) is 0 Å². The second kappa shape index (κ2) is 6.37. The van der Waals surface area contributed by atoms with Crippen molar-refractivity contribution in [3.05, 3.63) is 68.7 Å². The first-order valence-electron chi connectivity index (χ1n) is 6.14. The van der Waals surface area contributed by atoms with Gasteiger partial charge in [0.05, 0.1) is 4.92 Å². The van der Waals surface area contributed by atoms with Crippen molar-refractivity contribution in [3.8, 4) is 5.75 Å². The van der Waals surface area contributed by atoms with Gasteiger partial charge in [-0.15, -0.1) is 0 Å². The summed E-state index contributed by atoms with van der Waals surface area (Å²) in [6.45, 7) is 1.47. The number of halogens is 1. The lowest BCUT2D eigenvalue weighted by molar-refractivity contribution is -0.385. The van der Waals surface area contributed by atoms with E-state index in [1.165, 1.54) is 12.1 Å². The molecule has 0 saturated heterocycles. The summed E-state index contributed by atoms with van der Waals surface area (Å²) in [5.74, 6) is -0.200. The van der Waals surface area contributed by atoms with Gasteiger partial charge in [-0.25, -0.2) is 0 Å². The number of hydrogen-bond donors (Lipinski definition) is 0. The van der Waals surface area contributed by atoms with E-state index in [1.807, 2.05) is 0 Å². The molecule has 0 fully saturated rings. The topological polar surface area (TPSA) is 69.4 Å². The van der Waals surface area contributed by atoms with E-state index in [1.54, 1.807) is 37.3 Å². The van der Waals surface area contributed by atoms with Gasteiger partial charge in [-0.2, -0.15) is 0 Å². The van der Waals surface area contributed by atoms with Crippen molar-refractivity contribution in [1.29, 1.82) is 0 Å². The second-order valence-electron chi connectivity index (χ2n) is 4.45. The molecule has 0 aliphatic carbocycles. The molecular weight excluding hydrogens is 294 g/mol. The largest absolute Gasteiger partial charge is 0.478 e. The van der Waals surface area contributed by atoms with Crippen LogP contribution in [0.5, 0.6) is 5.75 Å². The van der Waals surface area contributed by atoms with E-state index in [-0.39, 0.29) is 23.8 Å². The molecule has 0 heterocycles. The Morgan fingerprint density at radius 2 is 1.90 bits per heavy atom. The van der Waals surface area contributed by atoms with Gasteiger partial charge in [0.25, 0.3) is 0 Å². The third-order valence-electron chi connectivity index (χ3n) is 2.84. The maximum absolute atomic E-state index is 11.9. The Morgan fingerprint density at radius 3 is 2.52 bits per heavy atom. The quantitative estimate of drug-likeness (QED) is 0.478. The van der Waals surface area contributed by atoms with Gasteiger partial charge in [-0.1, -0.05) is 17.7 Å². The van der Waals surface area contributed by atoms with Crippen LogP contribution in [0, 0.1) is 17.0 Å². The molecule has 108 valence electrons. The highest BCUT2D eigenvalue weighted by atomic mass is 35.5. The third kappa shape index (κ3) is 3.79. The van der Waals surface area contributed by atoms with E-state index in [9.17, 15) is 14.9 Å². The van der Waals surface area contributed by atoms with Crippen molar-refractivity contribution in [3.63, 3.8) is 0 Å². The molecule has 0 saturated carbocycles. The number of rotatable bonds is 5. The van der Waals surface area contributed by atoms with Gasteiger partial charge in [-0.3, -0.25) is 14.9 Å². The summed E-state index contributed by atoms with van der Waals surface area (Å²) in [7, 11) is 0. The van der Waals surface area contributed by atoms with E-state index in [0.717, 1.165) is 5.56 Å². The summed E-state index contributed by atoms with van der Waals surface area (Å²) in [4.78, 5) is 22.4. The summed E-state index contributed by atoms with van der Waals surface area (Å²) < 4.78 is 5.28. The van der Waals surface area contributed by atoms with E-state index in [4.69, 9.17) is 16.3 Å². The number of nitrogens with zero attached hydrogens (tertiary/aromatic N) is 1. The third-order valence-corrected chi connectivity index (χ3v) is 3.09. The molecule has 2 aromatic rings. The lowest BCUT2D eigenvalue weighted by Crippen LogP contribution is -2.12. The molecule has 0 aliphatic rings. The molecule has 6 heteroatoms. The first kappa shape index (κ1) is 15.0. The summed E-state index contributed by atoms with van der Waals surface area (Å²) in [5.41, 5.74) is 1.03. The van der Waals surface area contributed by atoms with Crippen molar-refractivity contribution in [2.24, 2.45) is 0 Å². The van der Waals surface area contributed by atoms with Crippen molar-refractivity contribution in [2.45, 2.75) is 6.92 Å². The maximum Gasteiger partial charge on any atom is 0.311 e. The predicted molar refractivity (Wildman–Crippen MR) is 79.1 cm³/mol. The number of nitro groups is 1. The second-order valence-corrected chi connectivity index (χ2v) is 4.88. The first-order valence-corrected chi connectivity index (χ1v) is 6.52. The number of Topliss-reactive ketones (excluding diaryl/α,β-unsaturated/α-hetero) is 1. The summed E-state index contributed by atoms with van der Waals surface area (Å²) in [6.07, 6.45) is 0. The average Bonchev–Trinajstić information content (AvgIpc) is 2.46. The van der Waals surface area contributed by atoms with Crippen molar-refractivity contribution in [2.75, 3.05) is 6.61 Å². The molecule has 5 nitrogen and oxygen atoms in total. The molecule has 0 unspecified atom stereocenters. The summed E-state index contributed by atoms with van der Waals surface area (Å²) in [6, 6.07) is 10.9. The normalized spacial score (nSPS) is 10.2. The molecule has 0 radical (unpaired) electrons. The van der Waals surface area contributed by atoms with Gasteiger partial charge in [0.15, 0.2) is 18.1 Å². The van der Waals surface area contributed by atoms with Gasteiger partial charge >= 0.3 is 5.69 Å². The van der Waals surface area contributed by atoms with Gasteiger partial charge in [0, 0.05) is 16.7 Å². The van der Waals surface area contributed by atoms with Crippen LogP contribution in [0.15, 0.2) is 42.5 Å². The van der Waals surface area contributed by atoms with Crippen LogP contribution in [0.1, 0.15) is 15.9 Å². The molecule has 2 aromatic carbocycles. The number of carbonyl (C=O) groups is 1. The van der Waals surface area contributed by atoms with Crippen molar-refractivity contribution >= 4 is 23.1 Å². The van der Waals surface area contributed by atoms with E-state index in [0.29, 0.717) is 10.6 Å². The first-order chi connectivity index (χ1) is 9.97. The standard InChI is InChI=1S/C15H12ClNO4/c1-10-2-7-15(13(8-10)17(19)20)21-9-14(18)11-3-5-12(16)6-4-11/h2-8H,9H2,1H3. The molecule has 0 N–H and O–H groups in total. The zero-order valence-corrected chi connectivity index (χ0v) is 12.0. The molecular formula is C15H12ClNO4. The average molecular weight is 306 g/mol. The number of nitro benzene ring substituents is 1. The van der Waals surface area contributed by atoms with Crippen molar-refractivity contribution in [1.82, 2.24) is 0 Å². The zero-order chi connectivity index (χ0) is 15.4. The highest BCUT2D eigenvalue weighted by molar-refractivity contribution is 6.30. The Morgan fingerprint density at radius 1 is 1.24 bits per heavy atom. The number of ether oxygens (including phenoxy) is 1. The Bertz CT molecular complexity index is 683. The Labute approximate surface area is 126 Å². The molecule has 21 heavy (non-hydrogen) atoms. The molecule has 2 rings (SSSR count). The minimum atomic E-state index is -0.533. The van der Waals surface area contributed by atoms with Crippen LogP contribution in [0.2, 0.25) is 5.02 Å². The van der Waals surface area contributed by atoms with Crippen molar-refractivity contribution < 1.29 is 14.5 Å². The van der Waals surface area contributed by atoms with E-state index in [2.05, 4.69) is 0 Å². The number of aryl methyl sites for hydroxylation is 1. The van der Waals surface area contributed by atoms with E-state index < -0.39 is 4.92 Å². The van der Waals surface area contributed by atoms with Crippen LogP contribution in [0.3, 0.4) is 0 Å². The van der Waals surface area contributed by atoms with Crippen LogP contribution in [-0.2, 0) is 0 Å². The highest BCUT2D eigenvalue weighted by Crippen LogP contribution is 2.27. The lowest BCUT2D eigenvalue weighted by Gasteiger charge is -2.07. The molecule has 0 atom stereocenters. The number of benzene rings is 2. The van der Waals surface area contributed by atoms with Crippen LogP contribution in [0.25, 0.3) is 0 Å². The van der Waals surface area contributed by atoms with Gasteiger partial charge in [-0.05, 0) is 42.8 Å². The maximum atomic E-state index is 11.9. The fraction of sp³-hybridized carbons (Fsp3) is 0.133. The highest BCUT2D eigenvalue weighted by Gasteiger charge is 2.16. The Kier molecular flexibility index (Phi) is 4.55. The van der Waals surface area contributed by atoms with Crippen LogP contribution in [-0.4, -0.2) is 17.3 Å². The molecule has 0 amide bonds. The molecule has 0 aromatic heterocycles. The Balaban J connectivity index is 2.11. The lowest BCUT2D eigenvalue weighted by atomic mass is 10.1. The van der Waals surface area contributed by atoms with Crippen LogP contribution < -0.4 is 4.74 Å². The zero-order valence-electron chi connectivity index (χ0n) is 11.2. The molecule has 0 aliphatic heterocycles. The molecule has 0 bridgehead atoms. The summed E-state index contributed by atoms with van der Waals surface area (Å²) in [5, 5.41) is 11.5. The number of hydrogen-bond acceptors (Lipinski definition) is 4. The van der Waals surface area contributed by atoms with E-state index >= 15 is 0 Å². The minimum absolute atomic E-state index is 0.0768. The van der Waals surface area contributed by atoms with Crippen LogP contribution >= 0.6 is 11.6 Å². The smallest absolute Gasteiger partial charge is 0.311 e. The minimum Gasteiger partial charge on any atom is -0.478 e. The fourth-order valence-corrected chi connectivity index (χ4v) is 1.88. The summed E-state index contributed by atoms with van der Waals surface area (Å²) >= 11 is 5.74. The predicted octanol–water partition coefficient (Wildman–Crippen LogP) is 3.82. The fourth-order valence-electron chi connectivity index (χ4n) is 1.75. The Hall–Kier alpha value is -2.40. The van der Waals surface area contributed by atoms with Gasteiger partial charge in [0.2, 0.25) is 0 Å². The number of carbonyl (C=O) groups excluding carboxylic acids is 1. The molecule has 0 spiro atoms.